The van der Waals surface area contributed by atoms with Crippen molar-refractivity contribution in [1.82, 2.24) is 9.78 Å². The first-order chi connectivity index (χ1) is 10.5. The lowest BCUT2D eigenvalue weighted by atomic mass is 10.1. The molecule has 0 aliphatic carbocycles. The van der Waals surface area contributed by atoms with Crippen LogP contribution in [0.1, 0.15) is 36.3 Å². The van der Waals surface area contributed by atoms with E-state index in [1.54, 1.807) is 10.7 Å². The molecule has 1 aliphatic heterocycles. The minimum atomic E-state index is -0.226. The third-order valence-corrected chi connectivity index (χ3v) is 5.04. The molecular formula is C15H16ClN3O2S. The van der Waals surface area contributed by atoms with Crippen LogP contribution < -0.4 is 10.9 Å². The van der Waals surface area contributed by atoms with Crippen LogP contribution in [0, 0.1) is 0 Å². The summed E-state index contributed by atoms with van der Waals surface area (Å²) in [6.45, 7) is 3.91. The van der Waals surface area contributed by atoms with Gasteiger partial charge in [0.2, 0.25) is 5.91 Å². The van der Waals surface area contributed by atoms with Crippen LogP contribution >= 0.6 is 23.4 Å². The summed E-state index contributed by atoms with van der Waals surface area (Å²) in [6.07, 6.45) is 0. The van der Waals surface area contributed by atoms with E-state index in [4.69, 9.17) is 11.6 Å². The number of nitrogens with zero attached hydrogens (tertiary/aromatic N) is 1. The van der Waals surface area contributed by atoms with Crippen LogP contribution in [0.3, 0.4) is 0 Å². The highest BCUT2D eigenvalue weighted by Crippen LogP contribution is 2.40. The number of halogens is 1. The molecule has 3 rings (SSSR count). The van der Waals surface area contributed by atoms with Gasteiger partial charge in [-0.3, -0.25) is 19.4 Å². The van der Waals surface area contributed by atoms with E-state index in [1.165, 1.54) is 11.8 Å². The molecule has 0 unspecified atom stereocenters. The molecule has 1 aliphatic rings. The first-order valence-electron chi connectivity index (χ1n) is 6.98. The minimum Gasteiger partial charge on any atom is -0.310 e. The van der Waals surface area contributed by atoms with Gasteiger partial charge in [-0.05, 0) is 31.5 Å². The molecule has 5 nitrogen and oxygen atoms in total. The second-order valence-electron chi connectivity index (χ2n) is 5.46. The zero-order chi connectivity index (χ0) is 15.9. The summed E-state index contributed by atoms with van der Waals surface area (Å²) >= 11 is 7.50. The molecule has 1 atom stereocenters. The van der Waals surface area contributed by atoms with E-state index in [0.29, 0.717) is 22.2 Å². The Bertz CT molecular complexity index is 781. The molecule has 116 valence electrons. The number of thioether (sulfide) groups is 1. The van der Waals surface area contributed by atoms with Gasteiger partial charge in [0.15, 0.2) is 0 Å². The summed E-state index contributed by atoms with van der Waals surface area (Å²) < 4.78 is 1.71. The molecule has 2 heterocycles. The summed E-state index contributed by atoms with van der Waals surface area (Å²) in [5.74, 6) is 0.743. The van der Waals surface area contributed by atoms with E-state index >= 15 is 0 Å². The Kier molecular flexibility index (Phi) is 4.06. The van der Waals surface area contributed by atoms with Crippen LogP contribution in [0.5, 0.6) is 0 Å². The van der Waals surface area contributed by atoms with Crippen molar-refractivity contribution < 1.29 is 4.79 Å². The van der Waals surface area contributed by atoms with Crippen molar-refractivity contribution in [1.29, 1.82) is 0 Å². The highest BCUT2D eigenvalue weighted by Gasteiger charge is 2.30. The van der Waals surface area contributed by atoms with Crippen molar-refractivity contribution >= 4 is 35.1 Å². The largest absolute Gasteiger partial charge is 0.310 e. The Hall–Kier alpha value is -1.66. The predicted octanol–water partition coefficient (Wildman–Crippen LogP) is 3.19. The third kappa shape index (κ3) is 2.68. The SMILES string of the molecule is CC(C)n1[nH]c(=O)c2c1NC(=O)CS[C@H]2c1cccc(Cl)c1. The number of fused-ring (bicyclic) bond motifs is 1. The second kappa shape index (κ2) is 5.85. The average Bonchev–Trinajstić information content (AvgIpc) is 2.67. The maximum atomic E-state index is 12.4. The zero-order valence-electron chi connectivity index (χ0n) is 12.2. The van der Waals surface area contributed by atoms with E-state index in [0.717, 1.165) is 5.56 Å². The monoisotopic (exact) mass is 337 g/mol. The van der Waals surface area contributed by atoms with Crippen LogP contribution in [0.15, 0.2) is 29.1 Å². The molecule has 22 heavy (non-hydrogen) atoms. The Labute approximate surface area is 137 Å². The highest BCUT2D eigenvalue weighted by atomic mass is 35.5. The lowest BCUT2D eigenvalue weighted by molar-refractivity contribution is -0.113. The number of hydrogen-bond acceptors (Lipinski definition) is 3. The molecule has 0 saturated carbocycles. The number of carbonyl (C=O) groups excluding carboxylic acids is 1. The number of amides is 1. The molecule has 0 saturated heterocycles. The number of nitrogens with one attached hydrogen (secondary N) is 2. The van der Waals surface area contributed by atoms with E-state index in [-0.39, 0.29) is 22.8 Å². The Balaban J connectivity index is 2.19. The minimum absolute atomic E-state index is 0.0415. The van der Waals surface area contributed by atoms with Crippen LogP contribution in [-0.4, -0.2) is 21.4 Å². The number of aromatic amines is 1. The maximum Gasteiger partial charge on any atom is 0.270 e. The summed E-state index contributed by atoms with van der Waals surface area (Å²) in [5, 5.41) is 6.05. The third-order valence-electron chi connectivity index (χ3n) is 3.53. The summed E-state index contributed by atoms with van der Waals surface area (Å²) in [5.41, 5.74) is 1.32. The Morgan fingerprint density at radius 2 is 2.14 bits per heavy atom. The van der Waals surface area contributed by atoms with Crippen molar-refractivity contribution in [3.05, 3.63) is 50.8 Å². The van der Waals surface area contributed by atoms with Gasteiger partial charge >= 0.3 is 0 Å². The van der Waals surface area contributed by atoms with Crippen molar-refractivity contribution in [2.75, 3.05) is 11.1 Å². The molecule has 1 aromatic heterocycles. The van der Waals surface area contributed by atoms with Crippen molar-refractivity contribution in [3.63, 3.8) is 0 Å². The smallest absolute Gasteiger partial charge is 0.270 e. The zero-order valence-corrected chi connectivity index (χ0v) is 13.8. The molecule has 2 N–H and O–H groups in total. The molecule has 7 heteroatoms. The molecular weight excluding hydrogens is 322 g/mol. The van der Waals surface area contributed by atoms with Gasteiger partial charge in [0.05, 0.1) is 16.6 Å². The van der Waals surface area contributed by atoms with Gasteiger partial charge in [0.1, 0.15) is 5.82 Å². The standard InChI is InChI=1S/C15H16ClN3O2S/c1-8(2)19-14-12(15(21)18-19)13(22-7-11(20)17-14)9-4-3-5-10(16)6-9/h3-6,8,13H,7H2,1-2H3,(H,17,20)(H,18,21)/t13-/m0/s1. The topological polar surface area (TPSA) is 66.9 Å². The molecule has 1 amide bonds. The number of carbonyl (C=O) groups is 1. The van der Waals surface area contributed by atoms with Crippen molar-refractivity contribution in [3.8, 4) is 0 Å². The van der Waals surface area contributed by atoms with E-state index in [9.17, 15) is 9.59 Å². The van der Waals surface area contributed by atoms with Crippen LogP contribution in [0.2, 0.25) is 5.02 Å². The number of H-pyrrole nitrogens is 1. The predicted molar refractivity (Wildman–Crippen MR) is 89.8 cm³/mol. The Morgan fingerprint density at radius 1 is 1.36 bits per heavy atom. The number of benzene rings is 1. The first-order valence-corrected chi connectivity index (χ1v) is 8.41. The van der Waals surface area contributed by atoms with Gasteiger partial charge in [0, 0.05) is 11.1 Å². The van der Waals surface area contributed by atoms with Gasteiger partial charge in [0.25, 0.3) is 5.56 Å². The lowest BCUT2D eigenvalue weighted by Gasteiger charge is -2.15. The van der Waals surface area contributed by atoms with Crippen LogP contribution in [0.4, 0.5) is 5.82 Å². The summed E-state index contributed by atoms with van der Waals surface area (Å²) in [7, 11) is 0. The fraction of sp³-hybridized carbons (Fsp3) is 0.333. The number of rotatable bonds is 2. The molecule has 0 bridgehead atoms. The van der Waals surface area contributed by atoms with Gasteiger partial charge < -0.3 is 5.32 Å². The van der Waals surface area contributed by atoms with Gasteiger partial charge in [-0.1, -0.05) is 23.7 Å². The summed E-state index contributed by atoms with van der Waals surface area (Å²) in [4.78, 5) is 24.4. The summed E-state index contributed by atoms with van der Waals surface area (Å²) in [6, 6.07) is 7.45. The number of aromatic nitrogens is 2. The second-order valence-corrected chi connectivity index (χ2v) is 6.99. The highest BCUT2D eigenvalue weighted by molar-refractivity contribution is 8.00. The lowest BCUT2D eigenvalue weighted by Crippen LogP contribution is -2.17. The van der Waals surface area contributed by atoms with Crippen molar-refractivity contribution in [2.24, 2.45) is 0 Å². The molecule has 0 radical (unpaired) electrons. The van der Waals surface area contributed by atoms with Gasteiger partial charge in [-0.15, -0.1) is 11.8 Å². The molecule has 2 aromatic rings. The average molecular weight is 338 g/mol. The number of anilines is 1. The van der Waals surface area contributed by atoms with E-state index in [2.05, 4.69) is 10.4 Å². The van der Waals surface area contributed by atoms with Crippen molar-refractivity contribution in [2.45, 2.75) is 25.1 Å². The molecule has 0 spiro atoms. The Morgan fingerprint density at radius 3 is 2.82 bits per heavy atom. The van der Waals surface area contributed by atoms with Gasteiger partial charge in [-0.2, -0.15) is 0 Å². The normalized spacial score (nSPS) is 18.0. The maximum absolute atomic E-state index is 12.4. The van der Waals surface area contributed by atoms with Gasteiger partial charge in [-0.25, -0.2) is 0 Å². The first kappa shape index (κ1) is 15.2. The molecule has 0 fully saturated rings. The molecule has 1 aromatic carbocycles. The fourth-order valence-electron chi connectivity index (χ4n) is 2.56. The number of hydrogen-bond donors (Lipinski definition) is 2. The van der Waals surface area contributed by atoms with Crippen LogP contribution in [0.25, 0.3) is 0 Å². The fourth-order valence-corrected chi connectivity index (χ4v) is 3.88. The van der Waals surface area contributed by atoms with E-state index < -0.39 is 0 Å². The van der Waals surface area contributed by atoms with E-state index in [1.807, 2.05) is 32.0 Å². The quantitative estimate of drug-likeness (QED) is 0.884. The van der Waals surface area contributed by atoms with Crippen LogP contribution in [-0.2, 0) is 4.79 Å².